The lowest BCUT2D eigenvalue weighted by molar-refractivity contribution is 0.114. The zero-order valence-corrected chi connectivity index (χ0v) is 12.4. The van der Waals surface area contributed by atoms with Crippen molar-refractivity contribution in [3.8, 4) is 5.75 Å². The van der Waals surface area contributed by atoms with Crippen molar-refractivity contribution >= 4 is 5.69 Å². The van der Waals surface area contributed by atoms with Crippen LogP contribution in [0.4, 0.5) is 5.69 Å². The van der Waals surface area contributed by atoms with Crippen LogP contribution in [0.2, 0.25) is 0 Å². The van der Waals surface area contributed by atoms with E-state index in [4.69, 9.17) is 10.5 Å². The molecule has 0 radical (unpaired) electrons. The minimum absolute atomic E-state index is 0.572. The van der Waals surface area contributed by atoms with Crippen molar-refractivity contribution in [2.45, 2.75) is 51.6 Å². The first kappa shape index (κ1) is 14.2. The Hall–Kier alpha value is -1.22. The SMILES string of the molecule is COc1ccc(CC(C)N2CCCCC2C)cc1N. The molecular weight excluding hydrogens is 236 g/mol. The van der Waals surface area contributed by atoms with Gasteiger partial charge in [0.2, 0.25) is 0 Å². The minimum Gasteiger partial charge on any atom is -0.495 e. The fraction of sp³-hybridized carbons (Fsp3) is 0.625. The van der Waals surface area contributed by atoms with Crippen LogP contribution >= 0.6 is 0 Å². The number of methoxy groups -OCH3 is 1. The molecule has 106 valence electrons. The van der Waals surface area contributed by atoms with Crippen LogP contribution in [0.1, 0.15) is 38.7 Å². The summed E-state index contributed by atoms with van der Waals surface area (Å²) in [5.74, 6) is 0.766. The van der Waals surface area contributed by atoms with Gasteiger partial charge in [0.15, 0.2) is 0 Å². The van der Waals surface area contributed by atoms with E-state index in [9.17, 15) is 0 Å². The molecular formula is C16H26N2O. The number of benzene rings is 1. The standard InChI is InChI=1S/C16H26N2O/c1-12-6-4-5-9-18(12)13(2)10-14-7-8-16(19-3)15(17)11-14/h7-8,11-13H,4-6,9-10,17H2,1-3H3. The van der Waals surface area contributed by atoms with Crippen LogP contribution in [0, 0.1) is 0 Å². The van der Waals surface area contributed by atoms with E-state index in [1.54, 1.807) is 7.11 Å². The number of hydrogen-bond acceptors (Lipinski definition) is 3. The first-order valence-corrected chi connectivity index (χ1v) is 7.30. The summed E-state index contributed by atoms with van der Waals surface area (Å²) < 4.78 is 5.20. The molecule has 1 aromatic carbocycles. The van der Waals surface area contributed by atoms with E-state index in [1.807, 2.05) is 12.1 Å². The van der Waals surface area contributed by atoms with E-state index in [2.05, 4.69) is 24.8 Å². The van der Waals surface area contributed by atoms with Gasteiger partial charge in [0, 0.05) is 12.1 Å². The third-order valence-corrected chi connectivity index (χ3v) is 4.25. The molecule has 1 aromatic rings. The molecule has 0 amide bonds. The van der Waals surface area contributed by atoms with Crippen molar-refractivity contribution in [1.29, 1.82) is 0 Å². The number of nitrogens with two attached hydrogens (primary N) is 1. The second-order valence-corrected chi connectivity index (χ2v) is 5.71. The topological polar surface area (TPSA) is 38.5 Å². The average Bonchev–Trinajstić information content (AvgIpc) is 2.39. The Labute approximate surface area is 116 Å². The third-order valence-electron chi connectivity index (χ3n) is 4.25. The molecule has 0 bridgehead atoms. The Morgan fingerprint density at radius 2 is 2.21 bits per heavy atom. The highest BCUT2D eigenvalue weighted by atomic mass is 16.5. The molecule has 1 fully saturated rings. The van der Waals surface area contributed by atoms with Crippen LogP contribution in [0.15, 0.2) is 18.2 Å². The zero-order chi connectivity index (χ0) is 13.8. The second kappa shape index (κ2) is 6.29. The first-order chi connectivity index (χ1) is 9.11. The third kappa shape index (κ3) is 3.41. The lowest BCUT2D eigenvalue weighted by Crippen LogP contribution is -2.44. The Kier molecular flexibility index (Phi) is 4.70. The van der Waals surface area contributed by atoms with Crippen LogP contribution in [0.25, 0.3) is 0 Å². The van der Waals surface area contributed by atoms with Gasteiger partial charge in [-0.2, -0.15) is 0 Å². The van der Waals surface area contributed by atoms with E-state index in [1.165, 1.54) is 31.4 Å². The monoisotopic (exact) mass is 262 g/mol. The van der Waals surface area contributed by atoms with Gasteiger partial charge in [-0.25, -0.2) is 0 Å². The van der Waals surface area contributed by atoms with Crippen LogP contribution < -0.4 is 10.5 Å². The predicted molar refractivity (Wildman–Crippen MR) is 80.6 cm³/mol. The van der Waals surface area contributed by atoms with Crippen LogP contribution in [-0.4, -0.2) is 30.6 Å². The van der Waals surface area contributed by atoms with E-state index >= 15 is 0 Å². The molecule has 2 atom stereocenters. The molecule has 0 saturated carbocycles. The molecule has 0 spiro atoms. The highest BCUT2D eigenvalue weighted by molar-refractivity contribution is 5.54. The molecule has 1 aliphatic heterocycles. The maximum Gasteiger partial charge on any atom is 0.141 e. The number of nitrogens with zero attached hydrogens (tertiary/aromatic N) is 1. The summed E-state index contributed by atoms with van der Waals surface area (Å²) in [6, 6.07) is 7.42. The molecule has 0 aromatic heterocycles. The Balaban J connectivity index is 2.01. The summed E-state index contributed by atoms with van der Waals surface area (Å²) in [6.45, 7) is 5.90. The molecule has 19 heavy (non-hydrogen) atoms. The molecule has 2 N–H and O–H groups in total. The molecule has 0 aliphatic carbocycles. The number of anilines is 1. The lowest BCUT2D eigenvalue weighted by atomic mass is 9.98. The Morgan fingerprint density at radius 3 is 2.84 bits per heavy atom. The highest BCUT2D eigenvalue weighted by Crippen LogP contribution is 2.25. The van der Waals surface area contributed by atoms with Crippen LogP contribution in [0.3, 0.4) is 0 Å². The maximum absolute atomic E-state index is 5.97. The highest BCUT2D eigenvalue weighted by Gasteiger charge is 2.23. The predicted octanol–water partition coefficient (Wildman–Crippen LogP) is 3.08. The second-order valence-electron chi connectivity index (χ2n) is 5.71. The van der Waals surface area contributed by atoms with Gasteiger partial charge in [0.1, 0.15) is 5.75 Å². The van der Waals surface area contributed by atoms with Crippen molar-refractivity contribution in [2.24, 2.45) is 0 Å². The maximum atomic E-state index is 5.97. The first-order valence-electron chi connectivity index (χ1n) is 7.30. The van der Waals surface area contributed by atoms with Gasteiger partial charge in [0.25, 0.3) is 0 Å². The molecule has 3 heteroatoms. The quantitative estimate of drug-likeness (QED) is 0.847. The number of rotatable bonds is 4. The summed E-state index contributed by atoms with van der Waals surface area (Å²) in [6.07, 6.45) is 5.09. The number of hydrogen-bond donors (Lipinski definition) is 1. The number of likely N-dealkylation sites (tertiary alicyclic amines) is 1. The minimum atomic E-state index is 0.572. The zero-order valence-electron chi connectivity index (χ0n) is 12.4. The fourth-order valence-corrected chi connectivity index (χ4v) is 3.14. The summed E-state index contributed by atoms with van der Waals surface area (Å²) in [4.78, 5) is 2.63. The molecule has 1 heterocycles. The molecule has 2 unspecified atom stereocenters. The van der Waals surface area contributed by atoms with Crippen LogP contribution in [0.5, 0.6) is 5.75 Å². The number of nitrogen functional groups attached to an aromatic ring is 1. The van der Waals surface area contributed by atoms with E-state index < -0.39 is 0 Å². The normalized spacial score (nSPS) is 22.2. The lowest BCUT2D eigenvalue weighted by Gasteiger charge is -2.38. The Morgan fingerprint density at radius 1 is 1.42 bits per heavy atom. The average molecular weight is 262 g/mol. The van der Waals surface area contributed by atoms with Crippen molar-refractivity contribution in [2.75, 3.05) is 19.4 Å². The summed E-state index contributed by atoms with van der Waals surface area (Å²) in [7, 11) is 1.66. The summed E-state index contributed by atoms with van der Waals surface area (Å²) >= 11 is 0. The summed E-state index contributed by atoms with van der Waals surface area (Å²) in [5.41, 5.74) is 8.00. The van der Waals surface area contributed by atoms with Crippen molar-refractivity contribution in [3.05, 3.63) is 23.8 Å². The molecule has 1 aliphatic rings. The van der Waals surface area contributed by atoms with Gasteiger partial charge < -0.3 is 10.5 Å². The van der Waals surface area contributed by atoms with Gasteiger partial charge in [-0.05, 0) is 57.4 Å². The number of piperidine rings is 1. The van der Waals surface area contributed by atoms with Gasteiger partial charge in [-0.1, -0.05) is 12.5 Å². The van der Waals surface area contributed by atoms with Crippen LogP contribution in [-0.2, 0) is 6.42 Å². The van der Waals surface area contributed by atoms with Gasteiger partial charge in [0.05, 0.1) is 12.8 Å². The van der Waals surface area contributed by atoms with Crippen molar-refractivity contribution in [3.63, 3.8) is 0 Å². The van der Waals surface area contributed by atoms with Gasteiger partial charge >= 0.3 is 0 Å². The molecule has 1 saturated heterocycles. The molecule has 2 rings (SSSR count). The molecule has 3 nitrogen and oxygen atoms in total. The Bertz CT molecular complexity index is 419. The van der Waals surface area contributed by atoms with E-state index in [0.717, 1.165) is 17.9 Å². The fourth-order valence-electron chi connectivity index (χ4n) is 3.14. The van der Waals surface area contributed by atoms with Crippen molar-refractivity contribution < 1.29 is 4.74 Å². The number of ether oxygens (including phenoxy) is 1. The van der Waals surface area contributed by atoms with Gasteiger partial charge in [-0.15, -0.1) is 0 Å². The van der Waals surface area contributed by atoms with E-state index in [-0.39, 0.29) is 0 Å². The summed E-state index contributed by atoms with van der Waals surface area (Å²) in [5, 5.41) is 0. The van der Waals surface area contributed by atoms with E-state index in [0.29, 0.717) is 12.1 Å². The van der Waals surface area contributed by atoms with Gasteiger partial charge in [-0.3, -0.25) is 4.90 Å². The smallest absolute Gasteiger partial charge is 0.141 e. The largest absolute Gasteiger partial charge is 0.495 e. The van der Waals surface area contributed by atoms with Crippen molar-refractivity contribution in [1.82, 2.24) is 4.90 Å².